The first-order chi connectivity index (χ1) is 13.3. The van der Waals surface area contributed by atoms with E-state index in [4.69, 9.17) is 0 Å². The smallest absolute Gasteiger partial charge is 0.406 e. The summed E-state index contributed by atoms with van der Waals surface area (Å²) in [6.07, 6.45) is -3.85. The minimum atomic E-state index is -4.72. The van der Waals surface area contributed by atoms with Crippen LogP contribution in [0.1, 0.15) is 30.6 Å². The molecule has 0 fully saturated rings. The summed E-state index contributed by atoms with van der Waals surface area (Å²) in [5, 5.41) is 2.91. The third-order valence-corrected chi connectivity index (χ3v) is 4.38. The standard InChI is InChI=1S/C21H25F3N2O2/c1-3-26(4-2)14-6-13-25-20(27)18-8-5-7-17(15-18)16-9-11-19(12-10-16)28-21(22,23)24/h5,7-12,15H,3-4,6,13-14H2,1-2H3,(H,25,27). The number of halogens is 3. The summed E-state index contributed by atoms with van der Waals surface area (Å²) in [6.45, 7) is 7.70. The van der Waals surface area contributed by atoms with Gasteiger partial charge in [-0.3, -0.25) is 4.79 Å². The zero-order chi connectivity index (χ0) is 20.6. The summed E-state index contributed by atoms with van der Waals surface area (Å²) in [5.41, 5.74) is 1.95. The van der Waals surface area contributed by atoms with Gasteiger partial charge in [0.2, 0.25) is 0 Å². The third-order valence-electron chi connectivity index (χ3n) is 4.38. The van der Waals surface area contributed by atoms with Crippen LogP contribution in [0.2, 0.25) is 0 Å². The highest BCUT2D eigenvalue weighted by molar-refractivity contribution is 5.95. The maximum absolute atomic E-state index is 12.4. The van der Waals surface area contributed by atoms with Gasteiger partial charge in [-0.2, -0.15) is 0 Å². The van der Waals surface area contributed by atoms with E-state index >= 15 is 0 Å². The highest BCUT2D eigenvalue weighted by Gasteiger charge is 2.30. The Morgan fingerprint density at radius 2 is 1.71 bits per heavy atom. The number of nitrogens with one attached hydrogen (secondary N) is 1. The Bertz CT molecular complexity index is 757. The van der Waals surface area contributed by atoms with Gasteiger partial charge in [0.15, 0.2) is 0 Å². The predicted molar refractivity (Wildman–Crippen MR) is 103 cm³/mol. The normalized spacial score (nSPS) is 11.5. The van der Waals surface area contributed by atoms with Gasteiger partial charge >= 0.3 is 6.36 Å². The molecule has 0 atom stereocenters. The van der Waals surface area contributed by atoms with E-state index in [1.165, 1.54) is 24.3 Å². The van der Waals surface area contributed by atoms with Crippen LogP contribution in [-0.4, -0.2) is 43.3 Å². The number of amides is 1. The van der Waals surface area contributed by atoms with Crippen LogP contribution < -0.4 is 10.1 Å². The Morgan fingerprint density at radius 1 is 1.04 bits per heavy atom. The number of carbonyl (C=O) groups excluding carboxylic acids is 1. The van der Waals surface area contributed by atoms with Crippen molar-refractivity contribution >= 4 is 5.91 Å². The maximum Gasteiger partial charge on any atom is 0.573 e. The zero-order valence-corrected chi connectivity index (χ0v) is 16.1. The van der Waals surface area contributed by atoms with Crippen molar-refractivity contribution in [2.24, 2.45) is 0 Å². The van der Waals surface area contributed by atoms with E-state index in [0.29, 0.717) is 17.7 Å². The third kappa shape index (κ3) is 6.88. The second-order valence-electron chi connectivity index (χ2n) is 6.29. The van der Waals surface area contributed by atoms with Crippen molar-refractivity contribution in [3.63, 3.8) is 0 Å². The topological polar surface area (TPSA) is 41.6 Å². The molecule has 152 valence electrons. The van der Waals surface area contributed by atoms with Gasteiger partial charge in [0.05, 0.1) is 0 Å². The number of carbonyl (C=O) groups is 1. The quantitative estimate of drug-likeness (QED) is 0.626. The van der Waals surface area contributed by atoms with Crippen LogP contribution in [0.3, 0.4) is 0 Å². The van der Waals surface area contributed by atoms with Crippen LogP contribution >= 0.6 is 0 Å². The van der Waals surface area contributed by atoms with Gasteiger partial charge in [-0.05, 0) is 61.4 Å². The molecular weight excluding hydrogens is 369 g/mol. The van der Waals surface area contributed by atoms with Gasteiger partial charge < -0.3 is 15.0 Å². The fourth-order valence-electron chi connectivity index (χ4n) is 2.84. The predicted octanol–water partition coefficient (Wildman–Crippen LogP) is 4.71. The zero-order valence-electron chi connectivity index (χ0n) is 16.1. The molecule has 4 nitrogen and oxygen atoms in total. The lowest BCUT2D eigenvalue weighted by Gasteiger charge is -2.17. The van der Waals surface area contributed by atoms with Crippen molar-refractivity contribution in [3.8, 4) is 16.9 Å². The lowest BCUT2D eigenvalue weighted by atomic mass is 10.0. The van der Waals surface area contributed by atoms with Gasteiger partial charge in [-0.25, -0.2) is 0 Å². The van der Waals surface area contributed by atoms with Crippen LogP contribution in [0.4, 0.5) is 13.2 Å². The monoisotopic (exact) mass is 394 g/mol. The van der Waals surface area contributed by atoms with Crippen molar-refractivity contribution in [1.29, 1.82) is 0 Å². The number of hydrogen-bond acceptors (Lipinski definition) is 3. The first-order valence-corrected chi connectivity index (χ1v) is 9.29. The highest BCUT2D eigenvalue weighted by atomic mass is 19.4. The van der Waals surface area contributed by atoms with E-state index in [1.807, 2.05) is 0 Å². The number of benzene rings is 2. The fraction of sp³-hybridized carbons (Fsp3) is 0.381. The minimum Gasteiger partial charge on any atom is -0.406 e. The molecule has 0 aromatic heterocycles. The molecule has 1 N–H and O–H groups in total. The summed E-state index contributed by atoms with van der Waals surface area (Å²) < 4.78 is 40.6. The summed E-state index contributed by atoms with van der Waals surface area (Å²) in [4.78, 5) is 14.6. The Labute approximate surface area is 163 Å². The van der Waals surface area contributed by atoms with Gasteiger partial charge in [-0.15, -0.1) is 13.2 Å². The molecule has 7 heteroatoms. The highest BCUT2D eigenvalue weighted by Crippen LogP contribution is 2.26. The van der Waals surface area contributed by atoms with Crippen molar-refractivity contribution in [1.82, 2.24) is 10.2 Å². The average molecular weight is 394 g/mol. The summed E-state index contributed by atoms with van der Waals surface area (Å²) in [5.74, 6) is -0.447. The Hall–Kier alpha value is -2.54. The number of nitrogens with zero attached hydrogens (tertiary/aromatic N) is 1. The second-order valence-corrected chi connectivity index (χ2v) is 6.29. The molecule has 0 bridgehead atoms. The molecule has 2 aromatic rings. The Morgan fingerprint density at radius 3 is 2.32 bits per heavy atom. The molecule has 28 heavy (non-hydrogen) atoms. The number of hydrogen-bond donors (Lipinski definition) is 1. The molecular formula is C21H25F3N2O2. The summed E-state index contributed by atoms with van der Waals surface area (Å²) in [7, 11) is 0. The second kappa shape index (κ2) is 10.1. The molecule has 0 radical (unpaired) electrons. The van der Waals surface area contributed by atoms with Gasteiger partial charge in [0.1, 0.15) is 5.75 Å². The molecule has 0 aliphatic rings. The largest absolute Gasteiger partial charge is 0.573 e. The van der Waals surface area contributed by atoms with Crippen molar-refractivity contribution in [3.05, 3.63) is 54.1 Å². The Kier molecular flexibility index (Phi) is 7.87. The fourth-order valence-corrected chi connectivity index (χ4v) is 2.84. The van der Waals surface area contributed by atoms with Gasteiger partial charge in [0.25, 0.3) is 5.91 Å². The lowest BCUT2D eigenvalue weighted by molar-refractivity contribution is -0.274. The van der Waals surface area contributed by atoms with Crippen LogP contribution in [0.5, 0.6) is 5.75 Å². The first-order valence-electron chi connectivity index (χ1n) is 9.29. The van der Waals surface area contributed by atoms with E-state index in [1.54, 1.807) is 24.3 Å². The van der Waals surface area contributed by atoms with Gasteiger partial charge in [-0.1, -0.05) is 38.1 Å². The maximum atomic E-state index is 12.4. The number of ether oxygens (including phenoxy) is 1. The van der Waals surface area contributed by atoms with E-state index in [2.05, 4.69) is 28.8 Å². The van der Waals surface area contributed by atoms with E-state index in [9.17, 15) is 18.0 Å². The molecule has 0 saturated heterocycles. The van der Waals surface area contributed by atoms with Crippen molar-refractivity contribution < 1.29 is 22.7 Å². The van der Waals surface area contributed by atoms with Crippen molar-refractivity contribution in [2.45, 2.75) is 26.6 Å². The first kappa shape index (κ1) is 21.8. The minimum absolute atomic E-state index is 0.168. The van der Waals surface area contributed by atoms with Crippen LogP contribution in [0.25, 0.3) is 11.1 Å². The van der Waals surface area contributed by atoms with Crippen LogP contribution in [0, 0.1) is 0 Å². The molecule has 0 spiro atoms. The van der Waals surface area contributed by atoms with Crippen LogP contribution in [0.15, 0.2) is 48.5 Å². The summed E-state index contributed by atoms with van der Waals surface area (Å²) in [6, 6.07) is 12.6. The van der Waals surface area contributed by atoms with E-state index < -0.39 is 6.36 Å². The van der Waals surface area contributed by atoms with E-state index in [-0.39, 0.29) is 11.7 Å². The Balaban J connectivity index is 1.96. The molecule has 0 saturated carbocycles. The SMILES string of the molecule is CCN(CC)CCCNC(=O)c1cccc(-c2ccc(OC(F)(F)F)cc2)c1. The molecule has 2 rings (SSSR count). The van der Waals surface area contributed by atoms with Gasteiger partial charge in [0, 0.05) is 12.1 Å². The van der Waals surface area contributed by atoms with Crippen molar-refractivity contribution in [2.75, 3.05) is 26.2 Å². The molecule has 1 amide bonds. The lowest BCUT2D eigenvalue weighted by Crippen LogP contribution is -2.29. The average Bonchev–Trinajstić information content (AvgIpc) is 2.67. The van der Waals surface area contributed by atoms with E-state index in [0.717, 1.165) is 31.6 Å². The number of alkyl halides is 3. The molecule has 0 aliphatic carbocycles. The molecule has 0 aliphatic heterocycles. The molecule has 0 heterocycles. The number of rotatable bonds is 9. The molecule has 2 aromatic carbocycles. The van der Waals surface area contributed by atoms with Crippen LogP contribution in [-0.2, 0) is 0 Å². The summed E-state index contributed by atoms with van der Waals surface area (Å²) >= 11 is 0. The molecule has 0 unspecified atom stereocenters.